The van der Waals surface area contributed by atoms with E-state index < -0.39 is 0 Å². The van der Waals surface area contributed by atoms with Gasteiger partial charge in [0.15, 0.2) is 0 Å². The van der Waals surface area contributed by atoms with Crippen LogP contribution in [0.4, 0.5) is 5.69 Å². The number of thiazole rings is 1. The van der Waals surface area contributed by atoms with Gasteiger partial charge < -0.3 is 4.90 Å². The molecule has 0 spiro atoms. The summed E-state index contributed by atoms with van der Waals surface area (Å²) in [6.45, 7) is 0.803. The van der Waals surface area contributed by atoms with Gasteiger partial charge in [0.1, 0.15) is 5.01 Å². The maximum Gasteiger partial charge on any atom is 0.237 e. The molecular formula is C18H16N2OS3. The van der Waals surface area contributed by atoms with Crippen molar-refractivity contribution in [2.24, 2.45) is 0 Å². The summed E-state index contributed by atoms with van der Waals surface area (Å²) in [5.74, 6) is 1.47. The monoisotopic (exact) mass is 372 g/mol. The third kappa shape index (κ3) is 3.27. The van der Waals surface area contributed by atoms with Crippen LogP contribution < -0.4 is 4.90 Å². The first-order valence-electron chi connectivity index (χ1n) is 7.74. The quantitative estimate of drug-likeness (QED) is 0.651. The summed E-state index contributed by atoms with van der Waals surface area (Å²) in [6, 6.07) is 10.3. The van der Waals surface area contributed by atoms with E-state index in [-0.39, 0.29) is 5.91 Å². The average Bonchev–Trinajstić information content (AvgIpc) is 3.34. The molecule has 0 bridgehead atoms. The van der Waals surface area contributed by atoms with Crippen LogP contribution >= 0.6 is 34.4 Å². The number of carbonyl (C=O) groups is 1. The average molecular weight is 373 g/mol. The zero-order chi connectivity index (χ0) is 16.4. The van der Waals surface area contributed by atoms with E-state index in [9.17, 15) is 4.79 Å². The molecule has 3 aromatic rings. The van der Waals surface area contributed by atoms with Crippen molar-refractivity contribution >= 4 is 46.0 Å². The van der Waals surface area contributed by atoms with Crippen molar-refractivity contribution in [3.63, 3.8) is 0 Å². The molecule has 3 nitrogen and oxygen atoms in total. The lowest BCUT2D eigenvalue weighted by molar-refractivity contribution is -0.116. The second kappa shape index (κ2) is 7.09. The van der Waals surface area contributed by atoms with Gasteiger partial charge in [-0.25, -0.2) is 4.98 Å². The molecule has 0 atom stereocenters. The Morgan fingerprint density at radius 3 is 3.04 bits per heavy atom. The SMILES string of the molecule is O=C(CSCc1csc(-c2ccsc2)n1)N1CCc2ccccc21. The highest BCUT2D eigenvalue weighted by atomic mass is 32.2. The summed E-state index contributed by atoms with van der Waals surface area (Å²) in [5.41, 5.74) is 4.60. The van der Waals surface area contributed by atoms with Gasteiger partial charge in [-0.1, -0.05) is 18.2 Å². The minimum absolute atomic E-state index is 0.193. The van der Waals surface area contributed by atoms with Gasteiger partial charge in [0.2, 0.25) is 5.91 Å². The first kappa shape index (κ1) is 15.9. The van der Waals surface area contributed by atoms with Crippen LogP contribution in [0.1, 0.15) is 11.3 Å². The smallest absolute Gasteiger partial charge is 0.237 e. The van der Waals surface area contributed by atoms with Crippen LogP contribution in [-0.2, 0) is 17.0 Å². The number of anilines is 1. The maximum atomic E-state index is 12.5. The zero-order valence-electron chi connectivity index (χ0n) is 13.0. The van der Waals surface area contributed by atoms with Crippen LogP contribution in [0.5, 0.6) is 0 Å². The van der Waals surface area contributed by atoms with Crippen LogP contribution in [0.25, 0.3) is 10.6 Å². The number of benzene rings is 1. The zero-order valence-corrected chi connectivity index (χ0v) is 15.4. The van der Waals surface area contributed by atoms with Crippen molar-refractivity contribution in [1.82, 2.24) is 4.98 Å². The number of hydrogen-bond acceptors (Lipinski definition) is 5. The fourth-order valence-electron chi connectivity index (χ4n) is 2.81. The Bertz CT molecular complexity index is 842. The molecule has 0 fully saturated rings. The van der Waals surface area contributed by atoms with Gasteiger partial charge in [-0.2, -0.15) is 11.3 Å². The molecule has 0 saturated carbocycles. The molecule has 0 saturated heterocycles. The highest BCUT2D eigenvalue weighted by Crippen LogP contribution is 2.29. The van der Waals surface area contributed by atoms with E-state index >= 15 is 0 Å². The molecule has 4 rings (SSSR count). The van der Waals surface area contributed by atoms with Crippen molar-refractivity contribution in [3.8, 4) is 10.6 Å². The summed E-state index contributed by atoms with van der Waals surface area (Å²) in [5, 5.41) is 7.34. The van der Waals surface area contributed by atoms with Gasteiger partial charge in [-0.3, -0.25) is 4.79 Å². The van der Waals surface area contributed by atoms with E-state index in [1.54, 1.807) is 34.4 Å². The fourth-order valence-corrected chi connectivity index (χ4v) is 5.24. The van der Waals surface area contributed by atoms with Gasteiger partial charge in [0.25, 0.3) is 0 Å². The summed E-state index contributed by atoms with van der Waals surface area (Å²) in [4.78, 5) is 19.1. The van der Waals surface area contributed by atoms with Crippen LogP contribution in [0.2, 0.25) is 0 Å². The lowest BCUT2D eigenvalue weighted by atomic mass is 10.2. The summed E-state index contributed by atoms with van der Waals surface area (Å²) >= 11 is 5.00. The molecule has 122 valence electrons. The number of para-hydroxylation sites is 1. The molecule has 24 heavy (non-hydrogen) atoms. The molecule has 2 aromatic heterocycles. The predicted molar refractivity (Wildman–Crippen MR) is 104 cm³/mol. The van der Waals surface area contributed by atoms with Crippen molar-refractivity contribution in [2.75, 3.05) is 17.2 Å². The van der Waals surface area contributed by atoms with E-state index in [0.29, 0.717) is 5.75 Å². The third-order valence-corrected chi connectivity index (χ3v) is 6.56. The summed E-state index contributed by atoms with van der Waals surface area (Å²) in [7, 11) is 0. The molecule has 0 aliphatic carbocycles. The molecular weight excluding hydrogens is 356 g/mol. The lowest BCUT2D eigenvalue weighted by Crippen LogP contribution is -2.30. The second-order valence-corrected chi connectivity index (χ2v) is 8.20. The van der Waals surface area contributed by atoms with Gasteiger partial charge in [0, 0.05) is 34.3 Å². The summed E-state index contributed by atoms with van der Waals surface area (Å²) < 4.78 is 0. The number of amides is 1. The Kier molecular flexibility index (Phi) is 4.69. The standard InChI is InChI=1S/C18H16N2OS3/c21-17(20-7-5-13-3-1-2-4-16(13)20)12-23-10-15-11-24-18(19-15)14-6-8-22-9-14/h1-4,6,8-9,11H,5,7,10,12H2. The maximum absolute atomic E-state index is 12.5. The number of carbonyl (C=O) groups excluding carboxylic acids is 1. The minimum Gasteiger partial charge on any atom is -0.311 e. The van der Waals surface area contributed by atoms with Gasteiger partial charge in [-0.15, -0.1) is 23.1 Å². The number of aromatic nitrogens is 1. The number of rotatable bonds is 5. The van der Waals surface area contributed by atoms with Crippen molar-refractivity contribution in [3.05, 3.63) is 57.7 Å². The van der Waals surface area contributed by atoms with E-state index in [0.717, 1.165) is 35.1 Å². The minimum atomic E-state index is 0.193. The molecule has 6 heteroatoms. The van der Waals surface area contributed by atoms with Crippen molar-refractivity contribution in [2.45, 2.75) is 12.2 Å². The van der Waals surface area contributed by atoms with Crippen LogP contribution in [0.3, 0.4) is 0 Å². The van der Waals surface area contributed by atoms with Crippen LogP contribution in [0.15, 0.2) is 46.5 Å². The first-order valence-corrected chi connectivity index (χ1v) is 10.7. The third-order valence-electron chi connectivity index (χ3n) is 3.98. The molecule has 1 aliphatic heterocycles. The van der Waals surface area contributed by atoms with Gasteiger partial charge in [0.05, 0.1) is 11.4 Å². The number of thioether (sulfide) groups is 1. The Morgan fingerprint density at radius 1 is 1.25 bits per heavy atom. The predicted octanol–water partition coefficient (Wildman–Crippen LogP) is 4.69. The van der Waals surface area contributed by atoms with Gasteiger partial charge >= 0.3 is 0 Å². The van der Waals surface area contributed by atoms with Crippen molar-refractivity contribution in [1.29, 1.82) is 0 Å². The molecule has 0 unspecified atom stereocenters. The number of hydrogen-bond donors (Lipinski definition) is 0. The normalized spacial score (nSPS) is 13.2. The van der Waals surface area contributed by atoms with E-state index in [1.165, 1.54) is 11.1 Å². The van der Waals surface area contributed by atoms with Crippen molar-refractivity contribution < 1.29 is 4.79 Å². The number of thiophene rings is 1. The second-order valence-electron chi connectivity index (χ2n) is 5.57. The highest BCUT2D eigenvalue weighted by molar-refractivity contribution is 7.99. The van der Waals surface area contributed by atoms with E-state index in [4.69, 9.17) is 0 Å². The largest absolute Gasteiger partial charge is 0.311 e. The van der Waals surface area contributed by atoms with E-state index in [1.807, 2.05) is 23.1 Å². The molecule has 1 aliphatic rings. The Hall–Kier alpha value is -1.63. The summed E-state index contributed by atoms with van der Waals surface area (Å²) in [6.07, 6.45) is 0.961. The molecule has 0 N–H and O–H groups in total. The number of nitrogens with zero attached hydrogens (tertiary/aromatic N) is 2. The first-order chi connectivity index (χ1) is 11.8. The lowest BCUT2D eigenvalue weighted by Gasteiger charge is -2.16. The molecule has 1 aromatic carbocycles. The fraction of sp³-hybridized carbons (Fsp3) is 0.222. The molecule has 0 radical (unpaired) electrons. The Balaban J connectivity index is 1.32. The number of fused-ring (bicyclic) bond motifs is 1. The van der Waals surface area contributed by atoms with Gasteiger partial charge in [-0.05, 0) is 29.5 Å². The Morgan fingerprint density at radius 2 is 2.17 bits per heavy atom. The van der Waals surface area contributed by atoms with Crippen LogP contribution in [-0.4, -0.2) is 23.2 Å². The highest BCUT2D eigenvalue weighted by Gasteiger charge is 2.23. The Labute approximate surface area is 153 Å². The van der Waals surface area contributed by atoms with Crippen LogP contribution in [0, 0.1) is 0 Å². The topological polar surface area (TPSA) is 33.2 Å². The van der Waals surface area contributed by atoms with E-state index in [2.05, 4.69) is 33.3 Å². The molecule has 1 amide bonds. The molecule has 3 heterocycles.